The lowest BCUT2D eigenvalue weighted by atomic mass is 10.2. The molecule has 1 aliphatic rings. The molecule has 1 saturated carbocycles. The molecule has 9 nitrogen and oxygen atoms in total. The molecule has 1 fully saturated rings. The van der Waals surface area contributed by atoms with Crippen LogP contribution in [0.25, 0.3) is 0 Å². The SMILES string of the molecule is COc1ccc(C(=O)O[C@@H](C)C(=O)Nc2ccc(C#N)cc2)cc1S(=O)(=O)NC1CC1. The number of hydrogen-bond donors (Lipinski definition) is 2. The van der Waals surface area contributed by atoms with Gasteiger partial charge in [0.2, 0.25) is 10.0 Å². The van der Waals surface area contributed by atoms with E-state index in [0.717, 1.165) is 18.9 Å². The lowest BCUT2D eigenvalue weighted by Gasteiger charge is -2.15. The van der Waals surface area contributed by atoms with Gasteiger partial charge in [-0.05, 0) is 62.2 Å². The maximum absolute atomic E-state index is 12.6. The zero-order valence-electron chi connectivity index (χ0n) is 16.9. The highest BCUT2D eigenvalue weighted by atomic mass is 32.2. The highest BCUT2D eigenvalue weighted by molar-refractivity contribution is 7.89. The number of methoxy groups -OCH3 is 1. The molecule has 1 aliphatic carbocycles. The second-order valence-corrected chi connectivity index (χ2v) is 8.67. The van der Waals surface area contributed by atoms with E-state index >= 15 is 0 Å². The highest BCUT2D eigenvalue weighted by Gasteiger charge is 2.31. The molecule has 0 bridgehead atoms. The molecule has 0 aromatic heterocycles. The van der Waals surface area contributed by atoms with Crippen molar-refractivity contribution in [2.75, 3.05) is 12.4 Å². The predicted octanol–water partition coefficient (Wildman–Crippen LogP) is 2.19. The van der Waals surface area contributed by atoms with Crippen molar-refractivity contribution in [3.8, 4) is 11.8 Å². The van der Waals surface area contributed by atoms with Gasteiger partial charge in [-0.15, -0.1) is 0 Å². The third kappa shape index (κ3) is 5.59. The van der Waals surface area contributed by atoms with Crippen LogP contribution in [0.5, 0.6) is 5.75 Å². The second kappa shape index (κ2) is 9.16. The fourth-order valence-corrected chi connectivity index (χ4v) is 4.15. The Balaban J connectivity index is 1.70. The molecule has 0 radical (unpaired) electrons. The fraction of sp³-hybridized carbons (Fsp3) is 0.286. The monoisotopic (exact) mass is 443 g/mol. The summed E-state index contributed by atoms with van der Waals surface area (Å²) in [5.74, 6) is -1.33. The van der Waals surface area contributed by atoms with Crippen LogP contribution in [0.4, 0.5) is 5.69 Å². The van der Waals surface area contributed by atoms with Crippen LogP contribution in [0.1, 0.15) is 35.7 Å². The molecule has 10 heteroatoms. The van der Waals surface area contributed by atoms with Crippen molar-refractivity contribution in [3.05, 3.63) is 53.6 Å². The molecule has 2 aromatic carbocycles. The summed E-state index contributed by atoms with van der Waals surface area (Å²) in [7, 11) is -2.54. The number of esters is 1. The Morgan fingerprint density at radius 1 is 1.16 bits per heavy atom. The van der Waals surface area contributed by atoms with Gasteiger partial charge in [-0.2, -0.15) is 5.26 Å². The van der Waals surface area contributed by atoms with Gasteiger partial charge in [-0.1, -0.05) is 0 Å². The summed E-state index contributed by atoms with van der Waals surface area (Å²) in [5.41, 5.74) is 0.852. The molecule has 2 aromatic rings. The number of nitrogens with one attached hydrogen (secondary N) is 2. The normalized spacial score (nSPS) is 14.2. The van der Waals surface area contributed by atoms with Crippen molar-refractivity contribution >= 4 is 27.6 Å². The van der Waals surface area contributed by atoms with Crippen LogP contribution >= 0.6 is 0 Å². The fourth-order valence-electron chi connectivity index (χ4n) is 2.65. The summed E-state index contributed by atoms with van der Waals surface area (Å²) < 4.78 is 38.0. The van der Waals surface area contributed by atoms with Gasteiger partial charge in [0.25, 0.3) is 5.91 Å². The number of carbonyl (C=O) groups is 2. The number of sulfonamides is 1. The van der Waals surface area contributed by atoms with Crippen LogP contribution in [-0.4, -0.2) is 39.5 Å². The summed E-state index contributed by atoms with van der Waals surface area (Å²) in [5, 5.41) is 11.4. The summed E-state index contributed by atoms with van der Waals surface area (Å²) in [6.45, 7) is 1.40. The summed E-state index contributed by atoms with van der Waals surface area (Å²) in [4.78, 5) is 24.6. The minimum Gasteiger partial charge on any atom is -0.495 e. The van der Waals surface area contributed by atoms with E-state index in [9.17, 15) is 18.0 Å². The predicted molar refractivity (Wildman–Crippen MR) is 111 cm³/mol. The first-order valence-corrected chi connectivity index (χ1v) is 10.9. The zero-order valence-corrected chi connectivity index (χ0v) is 17.7. The zero-order chi connectivity index (χ0) is 22.6. The van der Waals surface area contributed by atoms with Crippen molar-refractivity contribution in [1.29, 1.82) is 5.26 Å². The molecular formula is C21H21N3O6S. The number of rotatable bonds is 8. The third-order valence-corrected chi connectivity index (χ3v) is 6.06. The molecule has 162 valence electrons. The number of benzene rings is 2. The smallest absolute Gasteiger partial charge is 0.338 e. The lowest BCUT2D eigenvalue weighted by Crippen LogP contribution is -2.30. The number of nitriles is 1. The van der Waals surface area contributed by atoms with Gasteiger partial charge < -0.3 is 14.8 Å². The van der Waals surface area contributed by atoms with E-state index in [0.29, 0.717) is 11.3 Å². The number of amides is 1. The van der Waals surface area contributed by atoms with Crippen molar-refractivity contribution in [2.45, 2.75) is 36.8 Å². The summed E-state index contributed by atoms with van der Waals surface area (Å²) in [6, 6.07) is 11.9. The average molecular weight is 443 g/mol. The molecule has 0 spiro atoms. The molecule has 0 unspecified atom stereocenters. The van der Waals surface area contributed by atoms with Crippen LogP contribution < -0.4 is 14.8 Å². The average Bonchev–Trinajstić information content (AvgIpc) is 3.57. The first-order chi connectivity index (χ1) is 14.7. The maximum atomic E-state index is 12.6. The Morgan fingerprint density at radius 3 is 2.42 bits per heavy atom. The lowest BCUT2D eigenvalue weighted by molar-refractivity contribution is -0.123. The maximum Gasteiger partial charge on any atom is 0.338 e. The van der Waals surface area contributed by atoms with Gasteiger partial charge in [0.15, 0.2) is 6.10 Å². The van der Waals surface area contributed by atoms with Crippen LogP contribution in [-0.2, 0) is 19.6 Å². The number of hydrogen-bond acceptors (Lipinski definition) is 7. The van der Waals surface area contributed by atoms with Crippen LogP contribution in [0.15, 0.2) is 47.4 Å². The largest absolute Gasteiger partial charge is 0.495 e. The van der Waals surface area contributed by atoms with Gasteiger partial charge in [-0.25, -0.2) is 17.9 Å². The Hall–Kier alpha value is -3.42. The molecule has 0 heterocycles. The van der Waals surface area contributed by atoms with Gasteiger partial charge in [0.1, 0.15) is 10.6 Å². The molecule has 3 rings (SSSR count). The van der Waals surface area contributed by atoms with Crippen molar-refractivity contribution in [3.63, 3.8) is 0 Å². The Labute approximate surface area is 180 Å². The molecule has 0 aliphatic heterocycles. The van der Waals surface area contributed by atoms with Crippen molar-refractivity contribution < 1.29 is 27.5 Å². The molecule has 1 amide bonds. The standard InChI is InChI=1S/C21H21N3O6S/c1-13(20(25)23-16-6-3-14(12-22)4-7-16)30-21(26)15-5-10-18(29-2)19(11-15)31(27,28)24-17-8-9-17/h3-7,10-11,13,17,24H,8-9H2,1-2H3,(H,23,25)/t13-/m0/s1. The Kier molecular flexibility index (Phi) is 6.58. The van der Waals surface area contributed by atoms with E-state index < -0.39 is 28.0 Å². The van der Waals surface area contributed by atoms with Crippen LogP contribution in [0.3, 0.4) is 0 Å². The topological polar surface area (TPSA) is 135 Å². The van der Waals surface area contributed by atoms with Gasteiger partial charge in [0.05, 0.1) is 24.3 Å². The molecule has 2 N–H and O–H groups in total. The first-order valence-electron chi connectivity index (χ1n) is 9.46. The minimum absolute atomic E-state index is 0.0324. The quantitative estimate of drug-likeness (QED) is 0.597. The number of carbonyl (C=O) groups excluding carboxylic acids is 2. The number of nitrogens with zero attached hydrogens (tertiary/aromatic N) is 1. The summed E-state index contributed by atoms with van der Waals surface area (Å²) >= 11 is 0. The third-order valence-electron chi connectivity index (χ3n) is 4.52. The molecule has 0 saturated heterocycles. The molecule has 1 atom stereocenters. The van der Waals surface area contributed by atoms with E-state index in [4.69, 9.17) is 14.7 Å². The number of ether oxygens (including phenoxy) is 2. The van der Waals surface area contributed by atoms with E-state index in [1.807, 2.05) is 6.07 Å². The minimum atomic E-state index is -3.87. The van der Waals surface area contributed by atoms with Crippen molar-refractivity contribution in [1.82, 2.24) is 4.72 Å². The van der Waals surface area contributed by atoms with E-state index in [-0.39, 0.29) is 22.3 Å². The Morgan fingerprint density at radius 2 is 1.84 bits per heavy atom. The van der Waals surface area contributed by atoms with Gasteiger partial charge in [-0.3, -0.25) is 4.79 Å². The molecule has 31 heavy (non-hydrogen) atoms. The Bertz CT molecular complexity index is 1130. The second-order valence-electron chi connectivity index (χ2n) is 6.99. The highest BCUT2D eigenvalue weighted by Crippen LogP contribution is 2.28. The van der Waals surface area contributed by atoms with E-state index in [1.165, 1.54) is 26.2 Å². The van der Waals surface area contributed by atoms with Gasteiger partial charge >= 0.3 is 5.97 Å². The van der Waals surface area contributed by atoms with Crippen LogP contribution in [0, 0.1) is 11.3 Å². The molecular weight excluding hydrogens is 422 g/mol. The van der Waals surface area contributed by atoms with Gasteiger partial charge in [0, 0.05) is 11.7 Å². The first kappa shape index (κ1) is 22.3. The van der Waals surface area contributed by atoms with Crippen molar-refractivity contribution in [2.24, 2.45) is 0 Å². The summed E-state index contributed by atoms with van der Waals surface area (Å²) in [6.07, 6.45) is 0.375. The van der Waals surface area contributed by atoms with Crippen LogP contribution in [0.2, 0.25) is 0 Å². The number of anilines is 1. The van der Waals surface area contributed by atoms with E-state index in [2.05, 4.69) is 10.0 Å². The van der Waals surface area contributed by atoms with E-state index in [1.54, 1.807) is 24.3 Å².